The SMILES string of the molecule is CCc1ccc(S(=O)(=O)Nc2cc3c4c(oc3c3ccccc23)CCCC4=O)cc1. The molecule has 0 unspecified atom stereocenters. The average molecular weight is 420 g/mol. The third-order valence-corrected chi connectivity index (χ3v) is 7.12. The van der Waals surface area contributed by atoms with Crippen LogP contribution in [0.25, 0.3) is 21.7 Å². The van der Waals surface area contributed by atoms with Gasteiger partial charge in [-0.25, -0.2) is 8.42 Å². The van der Waals surface area contributed by atoms with Gasteiger partial charge in [0, 0.05) is 29.0 Å². The molecule has 5 nitrogen and oxygen atoms in total. The Kier molecular flexibility index (Phi) is 4.40. The average Bonchev–Trinajstić information content (AvgIpc) is 3.14. The minimum Gasteiger partial charge on any atom is -0.460 e. The van der Waals surface area contributed by atoms with Gasteiger partial charge < -0.3 is 4.42 Å². The predicted octanol–water partition coefficient (Wildman–Crippen LogP) is 5.47. The van der Waals surface area contributed by atoms with E-state index in [1.165, 1.54) is 0 Å². The summed E-state index contributed by atoms with van der Waals surface area (Å²) >= 11 is 0. The number of benzene rings is 3. The van der Waals surface area contributed by atoms with E-state index in [1.54, 1.807) is 18.2 Å². The van der Waals surface area contributed by atoms with Crippen molar-refractivity contribution < 1.29 is 17.6 Å². The molecule has 152 valence electrons. The van der Waals surface area contributed by atoms with Crippen LogP contribution < -0.4 is 4.72 Å². The topological polar surface area (TPSA) is 76.4 Å². The van der Waals surface area contributed by atoms with Crippen LogP contribution in [0.15, 0.2) is 63.9 Å². The molecular weight excluding hydrogens is 398 g/mol. The van der Waals surface area contributed by atoms with E-state index in [-0.39, 0.29) is 10.7 Å². The molecule has 0 saturated carbocycles. The molecule has 4 aromatic rings. The van der Waals surface area contributed by atoms with E-state index >= 15 is 0 Å². The molecule has 0 aliphatic heterocycles. The number of Topliss-reactive ketones (excluding diaryl/α,β-unsaturated/α-hetero) is 1. The first kappa shape index (κ1) is 18.9. The van der Waals surface area contributed by atoms with E-state index in [4.69, 9.17) is 4.42 Å². The summed E-state index contributed by atoms with van der Waals surface area (Å²) in [6.07, 6.45) is 2.82. The smallest absolute Gasteiger partial charge is 0.261 e. The van der Waals surface area contributed by atoms with E-state index in [0.29, 0.717) is 34.4 Å². The number of hydrogen-bond donors (Lipinski definition) is 1. The molecule has 6 heteroatoms. The lowest BCUT2D eigenvalue weighted by Crippen LogP contribution is -2.13. The van der Waals surface area contributed by atoms with Gasteiger partial charge in [-0.1, -0.05) is 43.3 Å². The molecule has 0 atom stereocenters. The Morgan fingerprint density at radius 3 is 2.43 bits per heavy atom. The second kappa shape index (κ2) is 6.99. The van der Waals surface area contributed by atoms with Gasteiger partial charge in [-0.3, -0.25) is 9.52 Å². The number of ketones is 1. The molecule has 1 aliphatic carbocycles. The molecule has 30 heavy (non-hydrogen) atoms. The Morgan fingerprint density at radius 2 is 1.70 bits per heavy atom. The largest absolute Gasteiger partial charge is 0.460 e. The van der Waals surface area contributed by atoms with E-state index < -0.39 is 10.0 Å². The van der Waals surface area contributed by atoms with Crippen molar-refractivity contribution in [1.29, 1.82) is 0 Å². The lowest BCUT2D eigenvalue weighted by molar-refractivity contribution is 0.0971. The van der Waals surface area contributed by atoms with Gasteiger partial charge in [-0.05, 0) is 36.6 Å². The van der Waals surface area contributed by atoms with Crippen molar-refractivity contribution >= 4 is 43.2 Å². The van der Waals surface area contributed by atoms with Gasteiger partial charge in [0.05, 0.1) is 16.1 Å². The lowest BCUT2D eigenvalue weighted by atomic mass is 9.93. The van der Waals surface area contributed by atoms with Crippen LogP contribution in [0.5, 0.6) is 0 Å². The van der Waals surface area contributed by atoms with Gasteiger partial charge in [0.25, 0.3) is 10.0 Å². The number of fused-ring (bicyclic) bond motifs is 5. The quantitative estimate of drug-likeness (QED) is 0.476. The molecule has 0 radical (unpaired) electrons. The molecule has 0 amide bonds. The fraction of sp³-hybridized carbons (Fsp3) is 0.208. The second-order valence-corrected chi connectivity index (χ2v) is 9.31. The number of anilines is 1. The zero-order chi connectivity index (χ0) is 20.9. The van der Waals surface area contributed by atoms with Crippen LogP contribution in [-0.4, -0.2) is 14.2 Å². The summed E-state index contributed by atoms with van der Waals surface area (Å²) in [5.74, 6) is 0.746. The van der Waals surface area contributed by atoms with Gasteiger partial charge in [-0.2, -0.15) is 0 Å². The van der Waals surface area contributed by atoms with Gasteiger partial charge >= 0.3 is 0 Å². The maximum absolute atomic E-state index is 13.1. The van der Waals surface area contributed by atoms with Gasteiger partial charge in [0.1, 0.15) is 11.3 Å². The molecular formula is C24H21NO4S. The standard InChI is InChI=1S/C24H21NO4S/c1-2-15-10-12-16(13-11-15)30(27,28)25-20-14-19-23-21(26)8-5-9-22(23)29-24(19)18-7-4-3-6-17(18)20/h3-4,6-7,10-14,25H,2,5,8-9H2,1H3. The Bertz CT molecular complexity index is 1400. The van der Waals surface area contributed by atoms with E-state index in [2.05, 4.69) is 4.72 Å². The normalized spacial score (nSPS) is 14.2. The first-order valence-electron chi connectivity index (χ1n) is 10.1. The van der Waals surface area contributed by atoms with E-state index in [0.717, 1.165) is 35.6 Å². The third-order valence-electron chi connectivity index (χ3n) is 5.74. The molecule has 0 spiro atoms. The van der Waals surface area contributed by atoms with Crippen LogP contribution in [-0.2, 0) is 22.9 Å². The van der Waals surface area contributed by atoms with Crippen molar-refractivity contribution in [3.63, 3.8) is 0 Å². The zero-order valence-electron chi connectivity index (χ0n) is 16.6. The van der Waals surface area contributed by atoms with Crippen molar-refractivity contribution in [2.45, 2.75) is 37.5 Å². The monoisotopic (exact) mass is 419 g/mol. The third kappa shape index (κ3) is 2.99. The molecule has 0 fully saturated rings. The second-order valence-electron chi connectivity index (χ2n) is 7.63. The Labute approximate surface area is 174 Å². The molecule has 1 aromatic heterocycles. The summed E-state index contributed by atoms with van der Waals surface area (Å²) in [5, 5.41) is 2.20. The highest BCUT2D eigenvalue weighted by molar-refractivity contribution is 7.92. The number of carbonyl (C=O) groups excluding carboxylic acids is 1. The van der Waals surface area contributed by atoms with Gasteiger partial charge in [-0.15, -0.1) is 0 Å². The highest BCUT2D eigenvalue weighted by atomic mass is 32.2. The minimum absolute atomic E-state index is 0.0502. The number of furan rings is 1. The van der Waals surface area contributed by atoms with Crippen LogP contribution in [0, 0.1) is 0 Å². The predicted molar refractivity (Wildman–Crippen MR) is 118 cm³/mol. The van der Waals surface area contributed by atoms with Crippen molar-refractivity contribution in [2.75, 3.05) is 4.72 Å². The minimum atomic E-state index is -3.78. The number of carbonyl (C=O) groups is 1. The molecule has 0 bridgehead atoms. The van der Waals surface area contributed by atoms with Crippen molar-refractivity contribution in [3.8, 4) is 0 Å². The van der Waals surface area contributed by atoms with Crippen LogP contribution in [0.2, 0.25) is 0 Å². The van der Waals surface area contributed by atoms with Crippen LogP contribution in [0.3, 0.4) is 0 Å². The van der Waals surface area contributed by atoms with Crippen LogP contribution >= 0.6 is 0 Å². The summed E-state index contributed by atoms with van der Waals surface area (Å²) in [6.45, 7) is 2.02. The highest BCUT2D eigenvalue weighted by Crippen LogP contribution is 2.39. The summed E-state index contributed by atoms with van der Waals surface area (Å²) in [7, 11) is -3.78. The van der Waals surface area contributed by atoms with Crippen molar-refractivity contribution in [3.05, 3.63) is 71.5 Å². The lowest BCUT2D eigenvalue weighted by Gasteiger charge is -2.12. The maximum Gasteiger partial charge on any atom is 0.261 e. The first-order chi connectivity index (χ1) is 14.5. The Morgan fingerprint density at radius 1 is 0.967 bits per heavy atom. The number of nitrogens with one attached hydrogen (secondary N) is 1. The highest BCUT2D eigenvalue weighted by Gasteiger charge is 2.27. The summed E-state index contributed by atoms with van der Waals surface area (Å²) in [4.78, 5) is 12.8. The van der Waals surface area contributed by atoms with Crippen LogP contribution in [0.4, 0.5) is 5.69 Å². The Hall–Kier alpha value is -3.12. The molecule has 0 saturated heterocycles. The van der Waals surface area contributed by atoms with Crippen molar-refractivity contribution in [2.24, 2.45) is 0 Å². The molecule has 1 N–H and O–H groups in total. The molecule has 3 aromatic carbocycles. The number of rotatable bonds is 4. The summed E-state index contributed by atoms with van der Waals surface area (Å²) < 4.78 is 35.0. The molecule has 1 heterocycles. The summed E-state index contributed by atoms with van der Waals surface area (Å²) in [6, 6.07) is 16.1. The number of hydrogen-bond acceptors (Lipinski definition) is 4. The van der Waals surface area contributed by atoms with E-state index in [9.17, 15) is 13.2 Å². The van der Waals surface area contributed by atoms with Gasteiger partial charge in [0.15, 0.2) is 5.78 Å². The maximum atomic E-state index is 13.1. The molecule has 1 aliphatic rings. The van der Waals surface area contributed by atoms with Crippen LogP contribution in [0.1, 0.15) is 41.4 Å². The fourth-order valence-corrected chi connectivity index (χ4v) is 5.25. The van der Waals surface area contributed by atoms with Crippen molar-refractivity contribution in [1.82, 2.24) is 0 Å². The number of aryl methyl sites for hydroxylation is 2. The zero-order valence-corrected chi connectivity index (χ0v) is 17.4. The first-order valence-corrected chi connectivity index (χ1v) is 11.6. The number of sulfonamides is 1. The van der Waals surface area contributed by atoms with Gasteiger partial charge in [0.2, 0.25) is 0 Å². The molecule has 5 rings (SSSR count). The Balaban J connectivity index is 1.69. The van der Waals surface area contributed by atoms with E-state index in [1.807, 2.05) is 43.3 Å². The fourth-order valence-electron chi connectivity index (χ4n) is 4.18. The summed E-state index contributed by atoms with van der Waals surface area (Å²) in [5.41, 5.74) is 2.75.